The van der Waals surface area contributed by atoms with Gasteiger partial charge in [-0.25, -0.2) is 0 Å². The second-order valence-corrected chi connectivity index (χ2v) is 2.51. The van der Waals surface area contributed by atoms with Crippen LogP contribution in [0, 0.1) is 5.41 Å². The number of hydrogen-bond acceptors (Lipinski definition) is 2. The van der Waals surface area contributed by atoms with E-state index in [4.69, 9.17) is 5.41 Å². The van der Waals surface area contributed by atoms with Crippen molar-refractivity contribution in [2.24, 2.45) is 0 Å². The molecule has 0 unspecified atom stereocenters. The van der Waals surface area contributed by atoms with Gasteiger partial charge in [0.1, 0.15) is 0 Å². The van der Waals surface area contributed by atoms with E-state index in [0.29, 0.717) is 5.71 Å². The van der Waals surface area contributed by atoms with Crippen LogP contribution in [-0.2, 0) is 0 Å². The Labute approximate surface area is 63.0 Å². The molecule has 2 heteroatoms. The molecule has 0 aliphatic heterocycles. The fourth-order valence-electron chi connectivity index (χ4n) is 0.519. The lowest BCUT2D eigenvalue weighted by atomic mass is 10.2. The molecule has 0 aromatic carbocycles. The first-order chi connectivity index (χ1) is 4.57. The molecule has 0 aliphatic rings. The maximum absolute atomic E-state index is 7.27. The molecule has 0 aromatic rings. The van der Waals surface area contributed by atoms with Crippen molar-refractivity contribution in [3.63, 3.8) is 0 Å². The quantitative estimate of drug-likeness (QED) is 0.595. The van der Waals surface area contributed by atoms with Crippen molar-refractivity contribution in [2.75, 3.05) is 13.6 Å². The smallest absolute Gasteiger partial charge is 0.0326 e. The van der Waals surface area contributed by atoms with Crippen molar-refractivity contribution in [1.82, 2.24) is 4.90 Å². The van der Waals surface area contributed by atoms with Crippen LogP contribution in [0.4, 0.5) is 0 Å². The topological polar surface area (TPSA) is 27.1 Å². The van der Waals surface area contributed by atoms with Gasteiger partial charge in [-0.2, -0.15) is 0 Å². The molecular formula is C8H16N2. The monoisotopic (exact) mass is 140 g/mol. The number of rotatable bonds is 3. The Morgan fingerprint density at radius 1 is 1.50 bits per heavy atom. The minimum absolute atomic E-state index is 0.639. The lowest BCUT2D eigenvalue weighted by Crippen LogP contribution is -2.11. The first kappa shape index (κ1) is 9.21. The van der Waals surface area contributed by atoms with E-state index >= 15 is 0 Å². The van der Waals surface area contributed by atoms with Gasteiger partial charge in [-0.15, -0.1) is 0 Å². The van der Waals surface area contributed by atoms with Gasteiger partial charge >= 0.3 is 0 Å². The summed E-state index contributed by atoms with van der Waals surface area (Å²) >= 11 is 0. The summed E-state index contributed by atoms with van der Waals surface area (Å²) < 4.78 is 0. The highest BCUT2D eigenvalue weighted by Crippen LogP contribution is 1.95. The summed E-state index contributed by atoms with van der Waals surface area (Å²) in [5, 5.41) is 7.27. The van der Waals surface area contributed by atoms with Crippen molar-refractivity contribution < 1.29 is 0 Å². The molecule has 0 radical (unpaired) electrons. The fraction of sp³-hybridized carbons (Fsp3) is 0.625. The van der Waals surface area contributed by atoms with E-state index in [9.17, 15) is 0 Å². The Morgan fingerprint density at radius 2 is 2.00 bits per heavy atom. The number of nitrogens with one attached hydrogen (secondary N) is 1. The standard InChI is InChI=1S/C8H16N2/c1-5-10(4)6-7(2)8(3)9/h6,9H,5H2,1-4H3/b7-6-,9-8?. The second-order valence-electron chi connectivity index (χ2n) is 2.51. The van der Waals surface area contributed by atoms with Gasteiger partial charge in [0.25, 0.3) is 0 Å². The van der Waals surface area contributed by atoms with Crippen LogP contribution in [-0.4, -0.2) is 24.2 Å². The lowest BCUT2D eigenvalue weighted by Gasteiger charge is -2.11. The zero-order chi connectivity index (χ0) is 8.15. The molecule has 58 valence electrons. The summed E-state index contributed by atoms with van der Waals surface area (Å²) in [6.07, 6.45) is 1.99. The predicted octanol–water partition coefficient (Wildman–Crippen LogP) is 1.88. The van der Waals surface area contributed by atoms with Gasteiger partial charge in [-0.05, 0) is 26.3 Å². The molecule has 0 saturated heterocycles. The fourth-order valence-corrected chi connectivity index (χ4v) is 0.519. The molecule has 0 aliphatic carbocycles. The van der Waals surface area contributed by atoms with Crippen LogP contribution in [0.25, 0.3) is 0 Å². The van der Waals surface area contributed by atoms with E-state index in [1.165, 1.54) is 0 Å². The van der Waals surface area contributed by atoms with Crippen LogP contribution in [0.15, 0.2) is 11.8 Å². The van der Waals surface area contributed by atoms with Crippen LogP contribution in [0.5, 0.6) is 0 Å². The van der Waals surface area contributed by atoms with E-state index in [1.807, 2.05) is 20.2 Å². The Hall–Kier alpha value is -0.790. The molecule has 0 saturated carbocycles. The highest BCUT2D eigenvalue weighted by molar-refractivity contribution is 5.94. The van der Waals surface area contributed by atoms with Gasteiger partial charge in [0, 0.05) is 25.5 Å². The van der Waals surface area contributed by atoms with Gasteiger partial charge in [0.2, 0.25) is 0 Å². The Kier molecular flexibility index (Phi) is 3.77. The highest BCUT2D eigenvalue weighted by atomic mass is 15.1. The Balaban J connectivity index is 4.02. The molecule has 10 heavy (non-hydrogen) atoms. The first-order valence-electron chi connectivity index (χ1n) is 3.52. The molecular weight excluding hydrogens is 124 g/mol. The lowest BCUT2D eigenvalue weighted by molar-refractivity contribution is 0.482. The molecule has 0 fully saturated rings. The normalized spacial score (nSPS) is 11.4. The van der Waals surface area contributed by atoms with Crippen molar-refractivity contribution in [2.45, 2.75) is 20.8 Å². The maximum Gasteiger partial charge on any atom is 0.0326 e. The van der Waals surface area contributed by atoms with Crippen molar-refractivity contribution in [1.29, 1.82) is 5.41 Å². The molecule has 0 bridgehead atoms. The summed E-state index contributed by atoms with van der Waals surface area (Å²) in [5.74, 6) is 0. The number of hydrogen-bond donors (Lipinski definition) is 1. The zero-order valence-electron chi connectivity index (χ0n) is 7.23. The van der Waals surface area contributed by atoms with Crippen LogP contribution < -0.4 is 0 Å². The van der Waals surface area contributed by atoms with Crippen LogP contribution in [0.2, 0.25) is 0 Å². The van der Waals surface area contributed by atoms with E-state index in [1.54, 1.807) is 6.92 Å². The zero-order valence-corrected chi connectivity index (χ0v) is 7.23. The average Bonchev–Trinajstić information content (AvgIpc) is 1.87. The van der Waals surface area contributed by atoms with Crippen molar-refractivity contribution in [3.05, 3.63) is 11.8 Å². The molecule has 1 N–H and O–H groups in total. The first-order valence-corrected chi connectivity index (χ1v) is 3.52. The summed E-state index contributed by atoms with van der Waals surface area (Å²) in [6, 6.07) is 0. The van der Waals surface area contributed by atoms with E-state index in [-0.39, 0.29) is 0 Å². The van der Waals surface area contributed by atoms with E-state index < -0.39 is 0 Å². The van der Waals surface area contributed by atoms with Crippen molar-refractivity contribution >= 4 is 5.71 Å². The summed E-state index contributed by atoms with van der Waals surface area (Å²) in [5.41, 5.74) is 1.67. The number of allylic oxidation sites excluding steroid dienone is 1. The van der Waals surface area contributed by atoms with Crippen molar-refractivity contribution in [3.8, 4) is 0 Å². The molecule has 0 amide bonds. The predicted molar refractivity (Wildman–Crippen MR) is 45.5 cm³/mol. The SMILES string of the molecule is CCN(C)/C=C(/C)C(C)=N. The van der Waals surface area contributed by atoms with E-state index in [0.717, 1.165) is 12.1 Å². The summed E-state index contributed by atoms with van der Waals surface area (Å²) in [6.45, 7) is 6.83. The van der Waals surface area contributed by atoms with Crippen LogP contribution in [0.3, 0.4) is 0 Å². The van der Waals surface area contributed by atoms with Crippen LogP contribution >= 0.6 is 0 Å². The highest BCUT2D eigenvalue weighted by Gasteiger charge is 1.91. The summed E-state index contributed by atoms with van der Waals surface area (Å²) in [7, 11) is 2.01. The average molecular weight is 140 g/mol. The molecule has 0 rings (SSSR count). The number of nitrogens with zero attached hydrogens (tertiary/aromatic N) is 1. The third-order valence-electron chi connectivity index (χ3n) is 1.50. The molecule has 0 atom stereocenters. The maximum atomic E-state index is 7.27. The Bertz CT molecular complexity index is 147. The molecule has 0 heterocycles. The third-order valence-corrected chi connectivity index (χ3v) is 1.50. The molecule has 2 nitrogen and oxygen atoms in total. The second kappa shape index (κ2) is 4.09. The molecule has 0 spiro atoms. The van der Waals surface area contributed by atoms with Gasteiger partial charge in [-0.1, -0.05) is 0 Å². The minimum atomic E-state index is 0.639. The minimum Gasteiger partial charge on any atom is -0.380 e. The van der Waals surface area contributed by atoms with Gasteiger partial charge in [0.15, 0.2) is 0 Å². The van der Waals surface area contributed by atoms with Gasteiger partial charge in [0.05, 0.1) is 0 Å². The van der Waals surface area contributed by atoms with Gasteiger partial charge in [-0.3, -0.25) is 0 Å². The largest absolute Gasteiger partial charge is 0.380 e. The van der Waals surface area contributed by atoms with Crippen LogP contribution in [0.1, 0.15) is 20.8 Å². The summed E-state index contributed by atoms with van der Waals surface area (Å²) in [4.78, 5) is 2.06. The molecule has 0 aromatic heterocycles. The Morgan fingerprint density at radius 3 is 2.30 bits per heavy atom. The van der Waals surface area contributed by atoms with Gasteiger partial charge < -0.3 is 10.3 Å². The third kappa shape index (κ3) is 3.28. The van der Waals surface area contributed by atoms with E-state index in [2.05, 4.69) is 11.8 Å².